The van der Waals surface area contributed by atoms with Crippen molar-refractivity contribution < 1.29 is 24.1 Å². The zero-order valence-electron chi connectivity index (χ0n) is 20.1. The standard InChI is InChI=1S/C28H31NO5/c1-31-24-14-19-12-22-26-18(13-25(32-2)27(33-3)28(26)34-4)10-11-21(20(19)15-23(24)30)29(22)16-17-8-6-5-7-9-17/h5-9,13-15,21-22,30H,10-12,16H2,1-4H3/t21-,22-/m1/s1. The highest BCUT2D eigenvalue weighted by molar-refractivity contribution is 5.62. The molecule has 2 aliphatic heterocycles. The van der Waals surface area contributed by atoms with Crippen LogP contribution in [-0.2, 0) is 19.4 Å². The Morgan fingerprint density at radius 2 is 1.53 bits per heavy atom. The maximum absolute atomic E-state index is 10.6. The van der Waals surface area contributed by atoms with E-state index in [9.17, 15) is 5.11 Å². The molecule has 2 atom stereocenters. The highest BCUT2D eigenvalue weighted by atomic mass is 16.5. The third kappa shape index (κ3) is 3.62. The Morgan fingerprint density at radius 3 is 2.21 bits per heavy atom. The Hall–Kier alpha value is -3.38. The van der Waals surface area contributed by atoms with Crippen molar-refractivity contribution in [2.75, 3.05) is 28.4 Å². The van der Waals surface area contributed by atoms with E-state index in [1.165, 1.54) is 16.7 Å². The maximum atomic E-state index is 10.6. The smallest absolute Gasteiger partial charge is 0.203 e. The molecule has 1 N–H and O–H groups in total. The van der Waals surface area contributed by atoms with E-state index in [0.717, 1.165) is 42.7 Å². The van der Waals surface area contributed by atoms with Gasteiger partial charge in [0.15, 0.2) is 23.0 Å². The van der Waals surface area contributed by atoms with E-state index < -0.39 is 0 Å². The van der Waals surface area contributed by atoms with Gasteiger partial charge in [0, 0.05) is 24.2 Å². The van der Waals surface area contributed by atoms with Crippen molar-refractivity contribution in [1.82, 2.24) is 4.90 Å². The fourth-order valence-electron chi connectivity index (χ4n) is 5.70. The van der Waals surface area contributed by atoms with Crippen molar-refractivity contribution in [3.63, 3.8) is 0 Å². The average molecular weight is 462 g/mol. The van der Waals surface area contributed by atoms with Crippen LogP contribution in [0.5, 0.6) is 28.7 Å². The molecule has 178 valence electrons. The molecule has 0 spiro atoms. The van der Waals surface area contributed by atoms with Gasteiger partial charge in [-0.2, -0.15) is 0 Å². The number of hydrogen-bond acceptors (Lipinski definition) is 6. The van der Waals surface area contributed by atoms with E-state index in [-0.39, 0.29) is 17.8 Å². The van der Waals surface area contributed by atoms with Crippen molar-refractivity contribution in [2.45, 2.75) is 37.9 Å². The van der Waals surface area contributed by atoms with Gasteiger partial charge in [0.25, 0.3) is 0 Å². The minimum Gasteiger partial charge on any atom is -0.504 e. The van der Waals surface area contributed by atoms with E-state index in [1.807, 2.05) is 18.2 Å². The lowest BCUT2D eigenvalue weighted by Crippen LogP contribution is -2.37. The fraction of sp³-hybridized carbons (Fsp3) is 0.357. The number of methoxy groups -OCH3 is 4. The Morgan fingerprint density at radius 1 is 0.824 bits per heavy atom. The molecule has 3 aromatic carbocycles. The highest BCUT2D eigenvalue weighted by Gasteiger charge is 2.41. The average Bonchev–Trinajstić information content (AvgIpc) is 2.96. The molecule has 2 bridgehead atoms. The number of aromatic hydroxyl groups is 1. The van der Waals surface area contributed by atoms with Crippen LogP contribution in [0.3, 0.4) is 0 Å². The molecule has 0 unspecified atom stereocenters. The first-order valence-electron chi connectivity index (χ1n) is 11.6. The lowest BCUT2D eigenvalue weighted by Gasteiger charge is -2.43. The molecule has 0 saturated carbocycles. The van der Waals surface area contributed by atoms with Crippen LogP contribution in [0.25, 0.3) is 0 Å². The van der Waals surface area contributed by atoms with Gasteiger partial charge in [0.05, 0.1) is 28.4 Å². The third-order valence-corrected chi connectivity index (χ3v) is 7.20. The summed E-state index contributed by atoms with van der Waals surface area (Å²) in [6.07, 6.45) is 2.55. The first kappa shape index (κ1) is 22.4. The van der Waals surface area contributed by atoms with Crippen LogP contribution < -0.4 is 18.9 Å². The van der Waals surface area contributed by atoms with Crippen LogP contribution in [0.4, 0.5) is 0 Å². The van der Waals surface area contributed by atoms with E-state index in [2.05, 4.69) is 35.2 Å². The second-order valence-corrected chi connectivity index (χ2v) is 8.87. The first-order valence-corrected chi connectivity index (χ1v) is 11.6. The van der Waals surface area contributed by atoms with Gasteiger partial charge < -0.3 is 24.1 Å². The van der Waals surface area contributed by atoms with Crippen molar-refractivity contribution >= 4 is 0 Å². The quantitative estimate of drug-likeness (QED) is 0.544. The number of phenolic OH excluding ortho intramolecular Hbond substituents is 1. The Bertz CT molecular complexity index is 1190. The van der Waals surface area contributed by atoms with Crippen LogP contribution in [-0.4, -0.2) is 38.4 Å². The molecule has 0 saturated heterocycles. The van der Waals surface area contributed by atoms with Crippen molar-refractivity contribution in [2.24, 2.45) is 0 Å². The second-order valence-electron chi connectivity index (χ2n) is 8.87. The number of benzene rings is 3. The summed E-state index contributed by atoms with van der Waals surface area (Å²) < 4.78 is 22.8. The lowest BCUT2D eigenvalue weighted by molar-refractivity contribution is 0.105. The van der Waals surface area contributed by atoms with Crippen LogP contribution >= 0.6 is 0 Å². The molecular weight excluding hydrogens is 430 g/mol. The summed E-state index contributed by atoms with van der Waals surface area (Å²) in [5, 5.41) is 10.6. The summed E-state index contributed by atoms with van der Waals surface area (Å²) in [4.78, 5) is 2.55. The maximum Gasteiger partial charge on any atom is 0.203 e. The molecular formula is C28H31NO5. The van der Waals surface area contributed by atoms with Crippen LogP contribution in [0, 0.1) is 0 Å². The number of rotatable bonds is 6. The number of ether oxygens (including phenoxy) is 4. The van der Waals surface area contributed by atoms with Gasteiger partial charge in [-0.1, -0.05) is 30.3 Å². The van der Waals surface area contributed by atoms with E-state index in [1.54, 1.807) is 28.4 Å². The Labute approximate surface area is 200 Å². The molecule has 6 heteroatoms. The Kier molecular flexibility index (Phi) is 6.00. The van der Waals surface area contributed by atoms with Gasteiger partial charge in [0.2, 0.25) is 5.75 Å². The third-order valence-electron chi connectivity index (χ3n) is 7.20. The number of hydrogen-bond donors (Lipinski definition) is 1. The van der Waals surface area contributed by atoms with Gasteiger partial charge in [-0.15, -0.1) is 0 Å². The molecule has 3 aromatic rings. The second kappa shape index (κ2) is 9.11. The molecule has 2 aliphatic rings. The molecule has 0 aliphatic carbocycles. The zero-order chi connectivity index (χ0) is 23.8. The van der Waals surface area contributed by atoms with Gasteiger partial charge in [-0.25, -0.2) is 0 Å². The van der Waals surface area contributed by atoms with Crippen molar-refractivity contribution in [1.29, 1.82) is 0 Å². The number of aryl methyl sites for hydroxylation is 1. The molecule has 0 radical (unpaired) electrons. The van der Waals surface area contributed by atoms with Gasteiger partial charge in [-0.05, 0) is 59.7 Å². The SMILES string of the molecule is COc1cc2c(cc1O)[C@H]1CCc3cc(OC)c(OC)c(OC)c3[C@@H](C2)N1Cc1ccccc1. The fourth-order valence-corrected chi connectivity index (χ4v) is 5.70. The highest BCUT2D eigenvalue weighted by Crippen LogP contribution is 2.54. The summed E-state index contributed by atoms with van der Waals surface area (Å²) in [5.74, 6) is 2.72. The van der Waals surface area contributed by atoms with Crippen molar-refractivity contribution in [3.8, 4) is 28.7 Å². The van der Waals surface area contributed by atoms with Crippen molar-refractivity contribution in [3.05, 3.63) is 76.3 Å². The number of nitrogens with zero attached hydrogens (tertiary/aromatic N) is 1. The summed E-state index contributed by atoms with van der Waals surface area (Å²) in [5.41, 5.74) is 5.97. The van der Waals surface area contributed by atoms with E-state index in [4.69, 9.17) is 18.9 Å². The van der Waals surface area contributed by atoms with Gasteiger partial charge in [-0.3, -0.25) is 4.90 Å². The van der Waals surface area contributed by atoms with E-state index in [0.29, 0.717) is 17.2 Å². The summed E-state index contributed by atoms with van der Waals surface area (Å²) in [7, 11) is 6.59. The van der Waals surface area contributed by atoms with E-state index >= 15 is 0 Å². The number of phenols is 1. The molecule has 6 nitrogen and oxygen atoms in total. The van der Waals surface area contributed by atoms with Gasteiger partial charge in [0.1, 0.15) is 0 Å². The largest absolute Gasteiger partial charge is 0.504 e. The van der Waals surface area contributed by atoms with Crippen LogP contribution in [0.15, 0.2) is 48.5 Å². The molecule has 0 fully saturated rings. The first-order chi connectivity index (χ1) is 16.6. The summed E-state index contributed by atoms with van der Waals surface area (Å²) in [6, 6.07) is 16.7. The monoisotopic (exact) mass is 461 g/mol. The zero-order valence-corrected chi connectivity index (χ0v) is 20.1. The normalized spacial score (nSPS) is 18.9. The molecule has 0 amide bonds. The lowest BCUT2D eigenvalue weighted by atomic mass is 9.84. The predicted octanol–water partition coefficient (Wildman–Crippen LogP) is 5.21. The molecule has 0 aromatic heterocycles. The van der Waals surface area contributed by atoms with Gasteiger partial charge >= 0.3 is 0 Å². The minimum absolute atomic E-state index is 0.0687. The topological polar surface area (TPSA) is 60.4 Å². The minimum atomic E-state index is 0.0687. The molecule has 5 rings (SSSR count). The molecule has 2 heterocycles. The Balaban J connectivity index is 1.72. The number of fused-ring (bicyclic) bond motifs is 6. The predicted molar refractivity (Wildman–Crippen MR) is 130 cm³/mol. The summed E-state index contributed by atoms with van der Waals surface area (Å²) in [6.45, 7) is 0.791. The van der Waals surface area contributed by atoms with Crippen LogP contribution in [0.2, 0.25) is 0 Å². The van der Waals surface area contributed by atoms with Crippen LogP contribution in [0.1, 0.15) is 46.3 Å². The molecule has 34 heavy (non-hydrogen) atoms. The summed E-state index contributed by atoms with van der Waals surface area (Å²) >= 11 is 0.